The number of thiazole rings is 1. The van der Waals surface area contributed by atoms with E-state index in [1.165, 1.54) is 69.8 Å². The number of imide groups is 1. The summed E-state index contributed by atoms with van der Waals surface area (Å²) in [4.78, 5) is 56.5. The molecule has 3 heterocycles. The molecule has 2 saturated carbocycles. The van der Waals surface area contributed by atoms with Crippen molar-refractivity contribution in [3.05, 3.63) is 98.5 Å². The lowest BCUT2D eigenvalue weighted by molar-refractivity contribution is -0.123. The van der Waals surface area contributed by atoms with Crippen LogP contribution < -0.4 is 24.6 Å². The number of carbonyl (C=O) groups excluding carboxylic acids is 3. The summed E-state index contributed by atoms with van der Waals surface area (Å²) in [5.74, 6) is -2.56. The van der Waals surface area contributed by atoms with Gasteiger partial charge in [0.05, 0.1) is 36.8 Å². The van der Waals surface area contributed by atoms with E-state index in [-0.39, 0.29) is 52.2 Å². The average molecular weight is 690 g/mol. The number of nitrogens with zero attached hydrogens (tertiary/aromatic N) is 2. The molecule has 0 radical (unpaired) electrons. The average Bonchev–Trinajstić information content (AvgIpc) is 3.80. The van der Waals surface area contributed by atoms with Crippen LogP contribution in [0.2, 0.25) is 0 Å². The van der Waals surface area contributed by atoms with Crippen LogP contribution in [0.1, 0.15) is 22.8 Å². The Labute approximate surface area is 281 Å². The molecular formula is C35H29F2N3O6S2. The van der Waals surface area contributed by atoms with Crippen molar-refractivity contribution in [3.63, 3.8) is 0 Å². The first-order valence-corrected chi connectivity index (χ1v) is 17.2. The zero-order valence-corrected chi connectivity index (χ0v) is 27.4. The van der Waals surface area contributed by atoms with Crippen LogP contribution in [0.4, 0.5) is 20.2 Å². The first kappa shape index (κ1) is 30.8. The van der Waals surface area contributed by atoms with Crippen molar-refractivity contribution in [2.75, 3.05) is 24.4 Å². The lowest BCUT2D eigenvalue weighted by atomic mass is 9.68. The van der Waals surface area contributed by atoms with Gasteiger partial charge in [-0.1, -0.05) is 17.4 Å². The lowest BCUT2D eigenvalue weighted by Crippen LogP contribution is -2.43. The summed E-state index contributed by atoms with van der Waals surface area (Å²) in [6.45, 7) is -0.249. The molecule has 8 rings (SSSR count). The molecule has 2 aliphatic heterocycles. The van der Waals surface area contributed by atoms with Crippen molar-refractivity contribution in [1.29, 1.82) is 0 Å². The zero-order valence-electron chi connectivity index (χ0n) is 25.7. The maximum atomic E-state index is 14.0. The molecule has 3 aromatic carbocycles. The number of methoxy groups -OCH3 is 2. The van der Waals surface area contributed by atoms with E-state index in [9.17, 15) is 28.0 Å². The Morgan fingerprint density at radius 3 is 2.19 bits per heavy atom. The SMILES string of the molecule is COc1ccc(C2c3sc(=O)n(CC(=O)Nc4ccc(F)cc4)c3SC3C4CC(C5C(=O)N(c6ccc(F)cc6)C(=O)C45)C23)cc1OC. The highest BCUT2D eigenvalue weighted by atomic mass is 32.2. The number of hydrogen-bond donors (Lipinski definition) is 1. The second-order valence-corrected chi connectivity index (χ2v) is 14.7. The number of ether oxygens (including phenoxy) is 2. The maximum absolute atomic E-state index is 14.0. The minimum atomic E-state index is -0.533. The van der Waals surface area contributed by atoms with E-state index in [0.29, 0.717) is 34.3 Å². The van der Waals surface area contributed by atoms with Crippen molar-refractivity contribution < 1.29 is 32.6 Å². The van der Waals surface area contributed by atoms with Crippen LogP contribution >= 0.6 is 23.1 Å². The largest absolute Gasteiger partial charge is 0.493 e. The van der Waals surface area contributed by atoms with Crippen LogP contribution in [0, 0.1) is 41.2 Å². The van der Waals surface area contributed by atoms with E-state index in [0.717, 1.165) is 21.8 Å². The molecule has 0 spiro atoms. The molecule has 1 aromatic heterocycles. The number of thioether (sulfide) groups is 1. The van der Waals surface area contributed by atoms with E-state index >= 15 is 0 Å². The smallest absolute Gasteiger partial charge is 0.308 e. The van der Waals surface area contributed by atoms with Gasteiger partial charge in [-0.25, -0.2) is 8.78 Å². The van der Waals surface area contributed by atoms with Crippen LogP contribution in [-0.4, -0.2) is 41.8 Å². The van der Waals surface area contributed by atoms with Gasteiger partial charge in [-0.15, -0.1) is 11.8 Å². The molecule has 4 aromatic rings. The van der Waals surface area contributed by atoms with Gasteiger partial charge in [0, 0.05) is 21.7 Å². The van der Waals surface area contributed by atoms with Gasteiger partial charge < -0.3 is 14.8 Å². The Kier molecular flexibility index (Phi) is 7.44. The Hall–Kier alpha value is -4.49. The Bertz CT molecular complexity index is 2030. The van der Waals surface area contributed by atoms with Gasteiger partial charge in [-0.05, 0) is 90.4 Å². The first-order chi connectivity index (χ1) is 23.2. The molecule has 3 amide bonds. The second kappa shape index (κ2) is 11.6. The van der Waals surface area contributed by atoms with Gasteiger partial charge in [0.1, 0.15) is 18.2 Å². The van der Waals surface area contributed by atoms with Crippen LogP contribution in [0.5, 0.6) is 11.5 Å². The third-order valence-corrected chi connectivity index (χ3v) is 13.0. The van der Waals surface area contributed by atoms with Gasteiger partial charge in [-0.2, -0.15) is 0 Å². The molecule has 2 aliphatic carbocycles. The molecule has 7 unspecified atom stereocenters. The second-order valence-electron chi connectivity index (χ2n) is 12.5. The highest BCUT2D eigenvalue weighted by Gasteiger charge is 2.70. The molecule has 48 heavy (non-hydrogen) atoms. The molecule has 13 heteroatoms. The van der Waals surface area contributed by atoms with Gasteiger partial charge in [0.15, 0.2) is 11.5 Å². The van der Waals surface area contributed by atoms with E-state index in [2.05, 4.69) is 5.32 Å². The van der Waals surface area contributed by atoms with E-state index in [1.54, 1.807) is 14.2 Å². The number of anilines is 2. The molecule has 1 saturated heterocycles. The fourth-order valence-corrected chi connectivity index (χ4v) is 11.5. The fourth-order valence-electron chi connectivity index (χ4n) is 8.40. The summed E-state index contributed by atoms with van der Waals surface area (Å²) in [7, 11) is 3.10. The predicted octanol–water partition coefficient (Wildman–Crippen LogP) is 5.52. The van der Waals surface area contributed by atoms with Gasteiger partial charge in [0.2, 0.25) is 17.7 Å². The summed E-state index contributed by atoms with van der Waals surface area (Å²) < 4.78 is 39.8. The summed E-state index contributed by atoms with van der Waals surface area (Å²) in [5.41, 5.74) is 1.64. The highest BCUT2D eigenvalue weighted by Crippen LogP contribution is 2.69. The molecule has 3 fully saturated rings. The third-order valence-electron chi connectivity index (χ3n) is 10.2. The normalized spacial score (nSPS) is 26.7. The minimum absolute atomic E-state index is 0.0867. The Balaban J connectivity index is 1.20. The summed E-state index contributed by atoms with van der Waals surface area (Å²) in [6, 6.07) is 16.4. The summed E-state index contributed by atoms with van der Waals surface area (Å²) in [5, 5.41) is 3.28. The van der Waals surface area contributed by atoms with Crippen LogP contribution in [0.15, 0.2) is 76.6 Å². The summed E-state index contributed by atoms with van der Waals surface area (Å²) >= 11 is 2.59. The van der Waals surface area contributed by atoms with Crippen LogP contribution in [-0.2, 0) is 20.9 Å². The van der Waals surface area contributed by atoms with Crippen molar-refractivity contribution >= 4 is 52.2 Å². The van der Waals surface area contributed by atoms with E-state index in [4.69, 9.17) is 9.47 Å². The molecule has 4 aliphatic rings. The van der Waals surface area contributed by atoms with Crippen LogP contribution in [0.3, 0.4) is 0 Å². The maximum Gasteiger partial charge on any atom is 0.308 e. The molecule has 9 nitrogen and oxygen atoms in total. The van der Waals surface area contributed by atoms with Crippen molar-refractivity contribution in [2.45, 2.75) is 29.2 Å². The molecular weight excluding hydrogens is 661 g/mol. The number of rotatable bonds is 7. The number of carbonyl (C=O) groups is 3. The van der Waals surface area contributed by atoms with Crippen LogP contribution in [0.25, 0.3) is 0 Å². The molecule has 2 bridgehead atoms. The topological polar surface area (TPSA) is 107 Å². The molecule has 246 valence electrons. The van der Waals surface area contributed by atoms with Crippen molar-refractivity contribution in [1.82, 2.24) is 4.57 Å². The van der Waals surface area contributed by atoms with Gasteiger partial charge in [-0.3, -0.25) is 28.6 Å². The fraction of sp³-hybridized carbons (Fsp3) is 0.314. The standard InChI is InChI=1S/C35H29F2N3O6S2/c1-45-23-12-3-16(13-24(23)46-2)26-27-21-14-22(29-28(21)32(42)40(33(29)43)20-10-6-18(37)7-11-20)30(27)47-34-31(26)48-35(44)39(34)15-25(41)38-19-8-4-17(36)5-9-19/h3-13,21-22,26-30H,14-15H2,1-2H3,(H,38,41). The predicted molar refractivity (Wildman–Crippen MR) is 176 cm³/mol. The molecule has 1 N–H and O–H groups in total. The number of amides is 3. The zero-order chi connectivity index (χ0) is 33.4. The van der Waals surface area contributed by atoms with E-state index < -0.39 is 29.4 Å². The summed E-state index contributed by atoms with van der Waals surface area (Å²) in [6.07, 6.45) is 0.681. The highest BCUT2D eigenvalue weighted by molar-refractivity contribution is 8.00. The number of hydrogen-bond acceptors (Lipinski definition) is 8. The van der Waals surface area contributed by atoms with Crippen molar-refractivity contribution in [3.8, 4) is 11.5 Å². The third kappa shape index (κ3) is 4.69. The van der Waals surface area contributed by atoms with Gasteiger partial charge >= 0.3 is 4.87 Å². The number of benzene rings is 3. The minimum Gasteiger partial charge on any atom is -0.493 e. The van der Waals surface area contributed by atoms with Gasteiger partial charge in [0.25, 0.3) is 0 Å². The Morgan fingerprint density at radius 2 is 1.52 bits per heavy atom. The number of aromatic nitrogens is 1. The number of halogens is 2. The lowest BCUT2D eigenvalue weighted by Gasteiger charge is -2.43. The number of nitrogens with one attached hydrogen (secondary N) is 1. The quantitative estimate of drug-likeness (QED) is 0.255. The monoisotopic (exact) mass is 689 g/mol. The van der Waals surface area contributed by atoms with Crippen molar-refractivity contribution in [2.24, 2.45) is 29.6 Å². The number of fused-ring (bicyclic) bond motifs is 9. The first-order valence-electron chi connectivity index (χ1n) is 15.5. The van der Waals surface area contributed by atoms with E-state index in [1.807, 2.05) is 18.2 Å². The molecule has 7 atom stereocenters. The Morgan fingerprint density at radius 1 is 0.875 bits per heavy atom.